The molecule has 0 spiro atoms. The Balaban J connectivity index is 2.06. The molecule has 0 saturated carbocycles. The molecule has 1 aromatic heterocycles. The van der Waals surface area contributed by atoms with E-state index in [1.807, 2.05) is 44.2 Å². The van der Waals surface area contributed by atoms with Gasteiger partial charge in [-0.05, 0) is 25.0 Å². The number of para-hydroxylation sites is 1. The van der Waals surface area contributed by atoms with Crippen LogP contribution in [0.25, 0.3) is 0 Å². The molecule has 0 radical (unpaired) electrons. The van der Waals surface area contributed by atoms with Crippen LogP contribution in [0.3, 0.4) is 0 Å². The van der Waals surface area contributed by atoms with Gasteiger partial charge in [-0.2, -0.15) is 0 Å². The first-order valence-electron chi connectivity index (χ1n) is 7.09. The van der Waals surface area contributed by atoms with Crippen molar-refractivity contribution in [3.63, 3.8) is 0 Å². The van der Waals surface area contributed by atoms with Gasteiger partial charge in [0.15, 0.2) is 5.13 Å². The molecule has 0 saturated heterocycles. The Morgan fingerprint density at radius 2 is 1.86 bits per heavy atom. The predicted octanol–water partition coefficient (Wildman–Crippen LogP) is 3.69. The van der Waals surface area contributed by atoms with Crippen molar-refractivity contribution in [2.75, 3.05) is 10.6 Å². The fourth-order valence-corrected chi connectivity index (χ4v) is 2.79. The van der Waals surface area contributed by atoms with E-state index < -0.39 is 0 Å². The molecule has 0 atom stereocenters. The predicted molar refractivity (Wildman–Crippen MR) is 89.3 cm³/mol. The van der Waals surface area contributed by atoms with E-state index in [4.69, 9.17) is 0 Å². The van der Waals surface area contributed by atoms with Gasteiger partial charge in [0.05, 0.1) is 5.69 Å². The van der Waals surface area contributed by atoms with Crippen molar-refractivity contribution in [3.8, 4) is 0 Å². The molecular formula is C16H19N3O2S. The van der Waals surface area contributed by atoms with Crippen LogP contribution in [0, 0.1) is 12.8 Å². The number of carbonyl (C=O) groups excluding carboxylic acids is 2. The maximum absolute atomic E-state index is 12.3. The Labute approximate surface area is 133 Å². The summed E-state index contributed by atoms with van der Waals surface area (Å²) in [5.74, 6) is -0.0220. The van der Waals surface area contributed by atoms with Gasteiger partial charge in [0.2, 0.25) is 5.91 Å². The van der Waals surface area contributed by atoms with Crippen molar-refractivity contribution >= 4 is 34.0 Å². The molecule has 1 aromatic carbocycles. The van der Waals surface area contributed by atoms with Crippen LogP contribution in [-0.2, 0) is 4.79 Å². The van der Waals surface area contributed by atoms with E-state index in [1.165, 1.54) is 11.3 Å². The third-order valence-electron chi connectivity index (χ3n) is 2.87. The van der Waals surface area contributed by atoms with E-state index in [1.54, 1.807) is 6.92 Å². The van der Waals surface area contributed by atoms with Gasteiger partial charge in [-0.3, -0.25) is 9.59 Å². The number of nitrogens with zero attached hydrogens (tertiary/aromatic N) is 1. The minimum Gasteiger partial charge on any atom is -0.321 e. The van der Waals surface area contributed by atoms with E-state index in [9.17, 15) is 9.59 Å². The summed E-state index contributed by atoms with van der Waals surface area (Å²) >= 11 is 1.19. The maximum atomic E-state index is 12.3. The van der Waals surface area contributed by atoms with Crippen LogP contribution in [0.15, 0.2) is 30.3 Å². The Morgan fingerprint density at radius 1 is 1.18 bits per heavy atom. The zero-order valence-corrected chi connectivity index (χ0v) is 13.7. The number of anilines is 2. The number of aromatic nitrogens is 1. The van der Waals surface area contributed by atoms with Crippen molar-refractivity contribution in [2.45, 2.75) is 27.2 Å². The van der Waals surface area contributed by atoms with Crippen molar-refractivity contribution in [1.82, 2.24) is 4.98 Å². The summed E-state index contributed by atoms with van der Waals surface area (Å²) in [5, 5.41) is 6.02. The number of hydrogen-bond donors (Lipinski definition) is 2. The standard InChI is InChI=1S/C16H19N3O2S/c1-10(2)9-13(20)19-16-17-11(3)14(22-16)15(21)18-12-7-5-4-6-8-12/h4-8,10H,9H2,1-3H3,(H,18,21)(H,17,19,20). The van der Waals surface area contributed by atoms with E-state index >= 15 is 0 Å². The lowest BCUT2D eigenvalue weighted by molar-refractivity contribution is -0.116. The number of carbonyl (C=O) groups is 2. The number of benzene rings is 1. The Kier molecular flexibility index (Phi) is 5.27. The van der Waals surface area contributed by atoms with Crippen LogP contribution in [0.2, 0.25) is 0 Å². The van der Waals surface area contributed by atoms with Gasteiger partial charge in [0, 0.05) is 12.1 Å². The summed E-state index contributed by atoms with van der Waals surface area (Å²) in [6, 6.07) is 9.23. The van der Waals surface area contributed by atoms with Gasteiger partial charge in [0.1, 0.15) is 4.88 Å². The fourth-order valence-electron chi connectivity index (χ4n) is 1.91. The molecule has 0 aliphatic rings. The average Bonchev–Trinajstić information content (AvgIpc) is 2.79. The van der Waals surface area contributed by atoms with Crippen LogP contribution in [0.1, 0.15) is 35.6 Å². The lowest BCUT2D eigenvalue weighted by atomic mass is 10.1. The van der Waals surface area contributed by atoms with Crippen molar-refractivity contribution in [3.05, 3.63) is 40.9 Å². The number of hydrogen-bond acceptors (Lipinski definition) is 4. The summed E-state index contributed by atoms with van der Waals surface area (Å²) in [6.45, 7) is 5.71. The van der Waals surface area contributed by atoms with Crippen LogP contribution in [0.5, 0.6) is 0 Å². The zero-order valence-electron chi connectivity index (χ0n) is 12.8. The highest BCUT2D eigenvalue weighted by Gasteiger charge is 2.17. The second-order valence-electron chi connectivity index (χ2n) is 5.40. The second kappa shape index (κ2) is 7.17. The molecule has 116 valence electrons. The number of nitrogens with one attached hydrogen (secondary N) is 2. The van der Waals surface area contributed by atoms with Crippen LogP contribution in [0.4, 0.5) is 10.8 Å². The van der Waals surface area contributed by atoms with Crippen molar-refractivity contribution < 1.29 is 9.59 Å². The molecular weight excluding hydrogens is 298 g/mol. The molecule has 1 heterocycles. The Morgan fingerprint density at radius 3 is 2.50 bits per heavy atom. The first-order chi connectivity index (χ1) is 10.5. The monoisotopic (exact) mass is 317 g/mol. The van der Waals surface area contributed by atoms with Gasteiger partial charge in [0.25, 0.3) is 5.91 Å². The smallest absolute Gasteiger partial charge is 0.267 e. The first-order valence-corrected chi connectivity index (χ1v) is 7.91. The largest absolute Gasteiger partial charge is 0.321 e. The lowest BCUT2D eigenvalue weighted by Crippen LogP contribution is -2.13. The van der Waals surface area contributed by atoms with E-state index in [2.05, 4.69) is 15.6 Å². The molecule has 2 N–H and O–H groups in total. The quantitative estimate of drug-likeness (QED) is 0.883. The lowest BCUT2D eigenvalue weighted by Gasteiger charge is -2.03. The first kappa shape index (κ1) is 16.2. The summed E-state index contributed by atoms with van der Waals surface area (Å²) in [4.78, 5) is 28.8. The molecule has 2 rings (SSSR count). The fraction of sp³-hybridized carbons (Fsp3) is 0.312. The Bertz CT molecular complexity index is 665. The Hall–Kier alpha value is -2.21. The summed E-state index contributed by atoms with van der Waals surface area (Å²) < 4.78 is 0. The molecule has 2 amide bonds. The minimum atomic E-state index is -0.217. The number of aryl methyl sites for hydroxylation is 1. The SMILES string of the molecule is Cc1nc(NC(=O)CC(C)C)sc1C(=O)Nc1ccccc1. The van der Waals surface area contributed by atoms with Gasteiger partial charge in [-0.1, -0.05) is 43.4 Å². The summed E-state index contributed by atoms with van der Waals surface area (Å²) in [6.07, 6.45) is 0.435. The van der Waals surface area contributed by atoms with Crippen LogP contribution >= 0.6 is 11.3 Å². The molecule has 2 aromatic rings. The number of amides is 2. The van der Waals surface area contributed by atoms with Crippen LogP contribution in [-0.4, -0.2) is 16.8 Å². The third-order valence-corrected chi connectivity index (χ3v) is 3.95. The molecule has 0 aliphatic heterocycles. The van der Waals surface area contributed by atoms with Crippen molar-refractivity contribution in [1.29, 1.82) is 0 Å². The zero-order chi connectivity index (χ0) is 16.1. The molecule has 0 unspecified atom stereocenters. The molecule has 22 heavy (non-hydrogen) atoms. The minimum absolute atomic E-state index is 0.0845. The highest BCUT2D eigenvalue weighted by Crippen LogP contribution is 2.24. The topological polar surface area (TPSA) is 71.1 Å². The number of thiazole rings is 1. The van der Waals surface area contributed by atoms with Gasteiger partial charge in [-0.15, -0.1) is 0 Å². The molecule has 5 nitrogen and oxygen atoms in total. The highest BCUT2D eigenvalue weighted by molar-refractivity contribution is 7.17. The maximum Gasteiger partial charge on any atom is 0.267 e. The summed E-state index contributed by atoms with van der Waals surface area (Å²) in [5.41, 5.74) is 1.34. The third kappa shape index (κ3) is 4.39. The van der Waals surface area contributed by atoms with E-state index in [0.717, 1.165) is 5.69 Å². The van der Waals surface area contributed by atoms with Crippen LogP contribution < -0.4 is 10.6 Å². The van der Waals surface area contributed by atoms with E-state index in [0.29, 0.717) is 22.1 Å². The van der Waals surface area contributed by atoms with Gasteiger partial charge >= 0.3 is 0 Å². The normalized spacial score (nSPS) is 10.5. The highest BCUT2D eigenvalue weighted by atomic mass is 32.1. The van der Waals surface area contributed by atoms with Gasteiger partial charge in [-0.25, -0.2) is 4.98 Å². The molecule has 0 bridgehead atoms. The molecule has 0 fully saturated rings. The second-order valence-corrected chi connectivity index (χ2v) is 6.40. The molecule has 0 aliphatic carbocycles. The van der Waals surface area contributed by atoms with Gasteiger partial charge < -0.3 is 10.6 Å². The summed E-state index contributed by atoms with van der Waals surface area (Å²) in [7, 11) is 0. The van der Waals surface area contributed by atoms with E-state index in [-0.39, 0.29) is 17.7 Å². The van der Waals surface area contributed by atoms with Crippen molar-refractivity contribution in [2.24, 2.45) is 5.92 Å². The molecule has 6 heteroatoms. The number of rotatable bonds is 5. The average molecular weight is 317 g/mol.